The minimum atomic E-state index is -4.80. The zero-order valence-electron chi connectivity index (χ0n) is 56.7. The summed E-state index contributed by atoms with van der Waals surface area (Å²) in [6, 6.07) is 19.3. The molecule has 12 rings (SSSR count). The van der Waals surface area contributed by atoms with Crippen LogP contribution in [0.3, 0.4) is 0 Å². The fourth-order valence-electron chi connectivity index (χ4n) is 16.2. The van der Waals surface area contributed by atoms with Gasteiger partial charge in [0.25, 0.3) is 27.8 Å². The molecule has 4 aliphatic carbocycles. The van der Waals surface area contributed by atoms with Crippen LogP contribution in [0.25, 0.3) is 21.3 Å². The van der Waals surface area contributed by atoms with Crippen LogP contribution in [0.5, 0.6) is 0 Å². The van der Waals surface area contributed by atoms with Crippen LogP contribution in [0.4, 0.5) is 21.4 Å². The third kappa shape index (κ3) is 16.9. The molecule has 8 N–H and O–H groups in total. The molecule has 0 spiro atoms. The lowest BCUT2D eigenvalue weighted by atomic mass is 9.39. The highest BCUT2D eigenvalue weighted by molar-refractivity contribution is 7.85. The molecule has 4 fully saturated rings. The number of amides is 8. The first kappa shape index (κ1) is 71.8. The summed E-state index contributed by atoms with van der Waals surface area (Å²) in [5.74, 6) is -6.77. The Bertz CT molecular complexity index is 4270. The van der Waals surface area contributed by atoms with Crippen molar-refractivity contribution in [1.82, 2.24) is 45.9 Å². The van der Waals surface area contributed by atoms with Crippen LogP contribution in [0.2, 0.25) is 0 Å². The van der Waals surface area contributed by atoms with Gasteiger partial charge in [0, 0.05) is 79.4 Å². The van der Waals surface area contributed by atoms with E-state index < -0.39 is 93.0 Å². The van der Waals surface area contributed by atoms with E-state index in [2.05, 4.69) is 50.7 Å². The fraction of sp³-hybridized carbons (Fsp3) is 0.465. The number of carboxylic acids is 1. The summed E-state index contributed by atoms with van der Waals surface area (Å²) < 4.78 is 48.8. The standard InChI is InChI=1S/C71H84N12O15S2/c1-42(2)59(79-63(89)53(34-100(94,95)96)76-56(84)17-8-7-11-28-82-57(85)24-25-58(82)86)64(90)74-43(3)61(87)75-47-20-18-45(19-21-47)33-97-67(93)72-27-30-98-71-38-68(5)35-69(6,39-71)37-70(36-68,40-71)41-83-44(4)50(31-73-83)48-22-23-55(78-60(48)65(91)92)81-29-26-46-13-12-14-49(51(46)32-81)62(88)80-66-77-52-15-9-10-16-54(52)99-66/h9-10,12-16,18-25,31,42-43,53,59H,7-8,11,17,26-30,32-41H2,1-6H3,(H,72,93)(H,74,90)(H,75,87)(H,76,84)(H,79,89)(H,91,92)(H,77,80,88)(H,94,95,96)/t43-,53-,59?,68?,69?,70?,71?/m0/s1. The van der Waals surface area contributed by atoms with Crippen LogP contribution >= 0.6 is 11.3 Å². The Labute approximate surface area is 582 Å². The van der Waals surface area contributed by atoms with E-state index in [-0.39, 0.29) is 67.0 Å². The van der Waals surface area contributed by atoms with Gasteiger partial charge in [-0.05, 0) is 153 Å². The summed E-state index contributed by atoms with van der Waals surface area (Å²) in [6.07, 6.45) is 10.6. The molecule has 4 bridgehead atoms. The molecule has 2 aliphatic heterocycles. The molecule has 5 heterocycles. The molecule has 5 atom stereocenters. The maximum absolute atomic E-state index is 13.8. The second-order valence-corrected chi connectivity index (χ2v) is 31.0. The van der Waals surface area contributed by atoms with Gasteiger partial charge in [-0.1, -0.05) is 81.9 Å². The van der Waals surface area contributed by atoms with Crippen molar-refractivity contribution in [3.8, 4) is 11.1 Å². The molecule has 6 aromatic rings. The Morgan fingerprint density at radius 3 is 2.20 bits per heavy atom. The Balaban J connectivity index is 0.633. The zero-order valence-corrected chi connectivity index (χ0v) is 58.3. The predicted molar refractivity (Wildman–Crippen MR) is 371 cm³/mol. The first-order valence-electron chi connectivity index (χ1n) is 33.6. The van der Waals surface area contributed by atoms with Gasteiger partial charge in [-0.2, -0.15) is 13.5 Å². The van der Waals surface area contributed by atoms with Crippen LogP contribution in [-0.2, 0) is 74.5 Å². The zero-order chi connectivity index (χ0) is 71.5. The third-order valence-corrected chi connectivity index (χ3v) is 21.3. The van der Waals surface area contributed by atoms with Crippen molar-refractivity contribution in [2.24, 2.45) is 22.2 Å². The molecule has 0 radical (unpaired) electrons. The van der Waals surface area contributed by atoms with Gasteiger partial charge in [0.1, 0.15) is 36.3 Å². The number of fused-ring (bicyclic) bond motifs is 2. The van der Waals surface area contributed by atoms with Gasteiger partial charge >= 0.3 is 12.1 Å². The van der Waals surface area contributed by atoms with E-state index in [1.54, 1.807) is 50.4 Å². The minimum Gasteiger partial charge on any atom is -0.476 e. The van der Waals surface area contributed by atoms with E-state index in [1.165, 1.54) is 18.3 Å². The average Bonchev–Trinajstić information content (AvgIpc) is 0.864. The monoisotopic (exact) mass is 1410 g/mol. The van der Waals surface area contributed by atoms with Crippen molar-refractivity contribution < 1.29 is 70.7 Å². The number of aromatic carboxylic acids is 1. The van der Waals surface area contributed by atoms with Crippen molar-refractivity contribution in [3.05, 3.63) is 131 Å². The lowest BCUT2D eigenvalue weighted by molar-refractivity contribution is -0.247. The lowest BCUT2D eigenvalue weighted by Crippen LogP contribution is -2.64. The number of alkyl carbamates (subject to hydrolysis) is 1. The van der Waals surface area contributed by atoms with Crippen molar-refractivity contribution in [1.29, 1.82) is 0 Å². The Morgan fingerprint density at radius 1 is 0.770 bits per heavy atom. The van der Waals surface area contributed by atoms with Crippen molar-refractivity contribution in [3.63, 3.8) is 0 Å². The van der Waals surface area contributed by atoms with E-state index >= 15 is 0 Å². The van der Waals surface area contributed by atoms with Crippen molar-refractivity contribution in [2.45, 2.75) is 156 Å². The van der Waals surface area contributed by atoms with Gasteiger partial charge in [0.2, 0.25) is 23.6 Å². The van der Waals surface area contributed by atoms with E-state index in [0.717, 1.165) is 82.6 Å². The first-order chi connectivity index (χ1) is 47.5. The number of nitrogens with one attached hydrogen (secondary N) is 6. The number of hydrogen-bond acceptors (Lipinski definition) is 18. The van der Waals surface area contributed by atoms with E-state index in [4.69, 9.17) is 19.6 Å². The molecule has 100 heavy (non-hydrogen) atoms. The predicted octanol–water partition coefficient (Wildman–Crippen LogP) is 7.88. The van der Waals surface area contributed by atoms with Crippen LogP contribution < -0.4 is 36.8 Å². The summed E-state index contributed by atoms with van der Waals surface area (Å²) in [5.41, 5.74) is 5.47. The number of pyridine rings is 1. The topological polar surface area (TPSA) is 369 Å². The largest absolute Gasteiger partial charge is 0.476 e. The molecular weight excluding hydrogens is 1320 g/mol. The van der Waals surface area contributed by atoms with Crippen LogP contribution in [0.15, 0.2) is 97.2 Å². The molecule has 8 amide bonds. The highest BCUT2D eigenvalue weighted by Gasteiger charge is 2.66. The number of benzene rings is 3. The molecule has 29 heteroatoms. The van der Waals surface area contributed by atoms with E-state index in [0.29, 0.717) is 77.8 Å². The molecular formula is C71H84N12O15S2. The molecule has 0 saturated heterocycles. The fourth-order valence-corrected chi connectivity index (χ4v) is 17.7. The summed E-state index contributed by atoms with van der Waals surface area (Å²) in [5, 5.41) is 31.9. The number of nitrogens with zero attached hydrogens (tertiary/aromatic N) is 6. The summed E-state index contributed by atoms with van der Waals surface area (Å²) >= 11 is 1.41. The molecule has 530 valence electrons. The number of thiazole rings is 1. The van der Waals surface area contributed by atoms with Crippen LogP contribution in [0.1, 0.15) is 142 Å². The maximum Gasteiger partial charge on any atom is 0.407 e. The number of aromatic nitrogens is 4. The van der Waals surface area contributed by atoms with Gasteiger partial charge in [0.05, 0.1) is 28.6 Å². The number of anilines is 3. The SMILES string of the molecule is Cc1c(-c2ccc(N3CCc4cccc(C(=O)Nc5nc6ccccc6s5)c4C3)nc2C(=O)O)cnn1CC12CC3(C)CC(C)(C1)CC(OCCNC(=O)OCc1ccc(NC(=O)[C@H](C)NC(=O)C(NC(=O)[C@H](CS(=O)(=O)O)NC(=O)CCCCCN4C(=O)C=CC4=O)C(C)C)cc1)(C3)C2. The normalized spacial score (nSPS) is 21.5. The molecule has 3 aromatic heterocycles. The Hall–Kier alpha value is -9.45. The number of carbonyl (C=O) groups is 9. The van der Waals surface area contributed by atoms with Crippen LogP contribution in [0, 0.1) is 29.1 Å². The molecule has 27 nitrogen and oxygen atoms in total. The average molecular weight is 1410 g/mol. The van der Waals surface area contributed by atoms with Gasteiger partial charge < -0.3 is 46.1 Å². The second-order valence-electron chi connectivity index (χ2n) is 28.4. The lowest BCUT2D eigenvalue weighted by Gasteiger charge is -2.69. The first-order valence-corrected chi connectivity index (χ1v) is 36.0. The van der Waals surface area contributed by atoms with Gasteiger partial charge in [-0.3, -0.25) is 53.0 Å². The number of ether oxygens (including phenoxy) is 2. The summed E-state index contributed by atoms with van der Waals surface area (Å²) in [7, 11) is -4.80. The smallest absolute Gasteiger partial charge is 0.407 e. The van der Waals surface area contributed by atoms with Gasteiger partial charge in [-0.15, -0.1) is 0 Å². The quantitative estimate of drug-likeness (QED) is 0.0126. The molecule has 3 aromatic carbocycles. The highest BCUT2D eigenvalue weighted by Crippen LogP contribution is 2.72. The number of imide groups is 1. The summed E-state index contributed by atoms with van der Waals surface area (Å²) in [6.45, 7) is 13.3. The summed E-state index contributed by atoms with van der Waals surface area (Å²) in [4.78, 5) is 129. The molecule has 6 aliphatic rings. The number of para-hydroxylation sites is 1. The molecule has 4 saturated carbocycles. The number of carbonyl (C=O) groups excluding carboxylic acids is 8. The third-order valence-electron chi connectivity index (χ3n) is 19.6. The number of carboxylic acid groups (broad SMARTS) is 1. The highest BCUT2D eigenvalue weighted by atomic mass is 32.2. The number of unbranched alkanes of at least 4 members (excludes halogenated alkanes) is 2. The number of hydrogen-bond donors (Lipinski definition) is 8. The van der Waals surface area contributed by atoms with Gasteiger partial charge in [0.15, 0.2) is 10.8 Å². The Kier molecular flexibility index (Phi) is 21.1. The van der Waals surface area contributed by atoms with Gasteiger partial charge in [-0.25, -0.2) is 19.6 Å². The van der Waals surface area contributed by atoms with Crippen molar-refractivity contribution in [2.75, 3.05) is 47.5 Å². The molecule has 3 unspecified atom stereocenters. The second kappa shape index (κ2) is 29.4. The Morgan fingerprint density at radius 2 is 1.50 bits per heavy atom. The van der Waals surface area contributed by atoms with E-state index in [1.807, 2.05) is 65.0 Å². The minimum absolute atomic E-state index is 0.00331. The van der Waals surface area contributed by atoms with E-state index in [9.17, 15) is 61.2 Å². The van der Waals surface area contributed by atoms with Crippen molar-refractivity contribution >= 4 is 102 Å². The van der Waals surface area contributed by atoms with Crippen LogP contribution in [-0.4, -0.2) is 152 Å². The number of rotatable bonds is 29. The maximum atomic E-state index is 13.8.